The molecule has 3 rings (SSSR count). The lowest BCUT2D eigenvalue weighted by molar-refractivity contribution is 0.544. The van der Waals surface area contributed by atoms with E-state index < -0.39 is 0 Å². The molecule has 6 nitrogen and oxygen atoms in total. The quantitative estimate of drug-likeness (QED) is 0.781. The lowest BCUT2D eigenvalue weighted by Crippen LogP contribution is -2.24. The number of rotatable bonds is 5. The fourth-order valence-electron chi connectivity index (χ4n) is 2.67. The summed E-state index contributed by atoms with van der Waals surface area (Å²) in [6, 6.07) is 9.96. The molecule has 0 bridgehead atoms. The second-order valence-electron chi connectivity index (χ2n) is 6.09. The van der Waals surface area contributed by atoms with Crippen molar-refractivity contribution in [1.29, 1.82) is 0 Å². The van der Waals surface area contributed by atoms with E-state index in [1.165, 1.54) is 0 Å². The zero-order valence-corrected chi connectivity index (χ0v) is 14.5. The predicted octanol–water partition coefficient (Wildman–Crippen LogP) is 3.16. The summed E-state index contributed by atoms with van der Waals surface area (Å²) in [5, 5.41) is 7.95. The third kappa shape index (κ3) is 3.76. The topological polar surface area (TPSA) is 68.5 Å². The summed E-state index contributed by atoms with van der Waals surface area (Å²) in [6.07, 6.45) is 1.75. The SMILES string of the molecule is Cc1cc(NC(C)Cn2nc(C)cc2C)nc(-c2ccccn2)n1. The van der Waals surface area contributed by atoms with Crippen LogP contribution in [0.4, 0.5) is 5.82 Å². The highest BCUT2D eigenvalue weighted by Gasteiger charge is 2.10. The third-order valence-electron chi connectivity index (χ3n) is 3.69. The number of anilines is 1. The smallest absolute Gasteiger partial charge is 0.180 e. The van der Waals surface area contributed by atoms with Crippen LogP contribution < -0.4 is 5.32 Å². The van der Waals surface area contributed by atoms with Crippen LogP contribution in [-0.2, 0) is 6.54 Å². The van der Waals surface area contributed by atoms with E-state index in [1.807, 2.05) is 42.8 Å². The molecule has 3 heterocycles. The van der Waals surface area contributed by atoms with Crippen molar-refractivity contribution in [3.8, 4) is 11.5 Å². The molecule has 0 amide bonds. The summed E-state index contributed by atoms with van der Waals surface area (Å²) in [7, 11) is 0. The van der Waals surface area contributed by atoms with Gasteiger partial charge in [0.25, 0.3) is 0 Å². The molecule has 24 heavy (non-hydrogen) atoms. The Kier molecular flexibility index (Phi) is 4.55. The molecule has 1 unspecified atom stereocenters. The van der Waals surface area contributed by atoms with Crippen LogP contribution in [0.2, 0.25) is 0 Å². The largest absolute Gasteiger partial charge is 0.366 e. The van der Waals surface area contributed by atoms with Gasteiger partial charge in [0, 0.05) is 29.7 Å². The average molecular weight is 322 g/mol. The highest BCUT2D eigenvalue weighted by molar-refractivity contribution is 5.52. The molecule has 0 spiro atoms. The number of aromatic nitrogens is 5. The van der Waals surface area contributed by atoms with Crippen LogP contribution in [0.25, 0.3) is 11.5 Å². The van der Waals surface area contributed by atoms with E-state index >= 15 is 0 Å². The van der Waals surface area contributed by atoms with Crippen LogP contribution in [0, 0.1) is 20.8 Å². The zero-order valence-electron chi connectivity index (χ0n) is 14.5. The molecule has 0 aromatic carbocycles. The van der Waals surface area contributed by atoms with Gasteiger partial charge in [0.2, 0.25) is 0 Å². The lowest BCUT2D eigenvalue weighted by atomic mass is 10.3. The minimum atomic E-state index is 0.189. The van der Waals surface area contributed by atoms with Gasteiger partial charge in [-0.05, 0) is 45.9 Å². The molecule has 1 atom stereocenters. The maximum atomic E-state index is 4.60. The second kappa shape index (κ2) is 6.78. The molecule has 3 aromatic heterocycles. The first-order chi connectivity index (χ1) is 11.5. The van der Waals surface area contributed by atoms with Crippen molar-refractivity contribution < 1.29 is 0 Å². The van der Waals surface area contributed by atoms with Gasteiger partial charge < -0.3 is 5.32 Å². The molecular weight excluding hydrogens is 300 g/mol. The Balaban J connectivity index is 1.77. The minimum Gasteiger partial charge on any atom is -0.366 e. The number of nitrogens with zero attached hydrogens (tertiary/aromatic N) is 5. The first-order valence-corrected chi connectivity index (χ1v) is 8.06. The van der Waals surface area contributed by atoms with E-state index in [0.717, 1.165) is 35.1 Å². The fourth-order valence-corrected chi connectivity index (χ4v) is 2.67. The van der Waals surface area contributed by atoms with Crippen molar-refractivity contribution in [2.24, 2.45) is 0 Å². The average Bonchev–Trinajstić information content (AvgIpc) is 2.85. The molecule has 0 fully saturated rings. The van der Waals surface area contributed by atoms with Crippen molar-refractivity contribution in [2.45, 2.75) is 40.3 Å². The number of pyridine rings is 1. The molecular formula is C18H22N6. The van der Waals surface area contributed by atoms with Crippen LogP contribution in [0.15, 0.2) is 36.5 Å². The van der Waals surface area contributed by atoms with Gasteiger partial charge in [-0.25, -0.2) is 9.97 Å². The first kappa shape index (κ1) is 16.1. The van der Waals surface area contributed by atoms with Crippen LogP contribution in [0.1, 0.15) is 24.0 Å². The maximum Gasteiger partial charge on any atom is 0.180 e. The van der Waals surface area contributed by atoms with E-state index in [2.05, 4.69) is 45.3 Å². The summed E-state index contributed by atoms with van der Waals surface area (Å²) in [4.78, 5) is 13.4. The molecule has 6 heteroatoms. The van der Waals surface area contributed by atoms with Crippen LogP contribution >= 0.6 is 0 Å². The summed E-state index contributed by atoms with van der Waals surface area (Å²) in [5.74, 6) is 1.44. The normalized spacial score (nSPS) is 12.2. The van der Waals surface area contributed by atoms with Crippen molar-refractivity contribution in [3.05, 3.63) is 53.6 Å². The molecule has 3 aromatic rings. The van der Waals surface area contributed by atoms with E-state index in [-0.39, 0.29) is 6.04 Å². The predicted molar refractivity (Wildman–Crippen MR) is 94.8 cm³/mol. The molecule has 0 aliphatic heterocycles. The van der Waals surface area contributed by atoms with Crippen molar-refractivity contribution >= 4 is 5.82 Å². The molecule has 124 valence electrons. The Morgan fingerprint density at radius 1 is 1.08 bits per heavy atom. The maximum absolute atomic E-state index is 4.60. The van der Waals surface area contributed by atoms with Gasteiger partial charge in [0.05, 0.1) is 12.2 Å². The number of nitrogens with one attached hydrogen (secondary N) is 1. The van der Waals surface area contributed by atoms with Crippen molar-refractivity contribution in [2.75, 3.05) is 5.32 Å². The third-order valence-corrected chi connectivity index (χ3v) is 3.69. The number of aryl methyl sites for hydroxylation is 3. The summed E-state index contributed by atoms with van der Waals surface area (Å²) in [6.45, 7) is 8.94. The highest BCUT2D eigenvalue weighted by Crippen LogP contribution is 2.16. The summed E-state index contributed by atoms with van der Waals surface area (Å²) < 4.78 is 2.01. The van der Waals surface area contributed by atoms with Gasteiger partial charge in [0.15, 0.2) is 5.82 Å². The minimum absolute atomic E-state index is 0.189. The van der Waals surface area contributed by atoms with Gasteiger partial charge in [0.1, 0.15) is 11.5 Å². The standard InChI is InChI=1S/C18H22N6/c1-12-10-17(22-18(21-12)16-7-5-6-8-19-16)20-14(3)11-24-15(4)9-13(2)23-24/h5-10,14H,11H2,1-4H3,(H,20,21,22). The van der Waals surface area contributed by atoms with Gasteiger partial charge in [-0.15, -0.1) is 0 Å². The molecule has 0 saturated heterocycles. The Labute approximate surface area is 142 Å². The van der Waals surface area contributed by atoms with Crippen molar-refractivity contribution in [1.82, 2.24) is 24.7 Å². The van der Waals surface area contributed by atoms with E-state index in [4.69, 9.17) is 0 Å². The van der Waals surface area contributed by atoms with Crippen molar-refractivity contribution in [3.63, 3.8) is 0 Å². The molecule has 1 N–H and O–H groups in total. The van der Waals surface area contributed by atoms with Crippen LogP contribution in [0.3, 0.4) is 0 Å². The van der Waals surface area contributed by atoms with E-state index in [9.17, 15) is 0 Å². The Bertz CT molecular complexity index is 825. The molecule has 0 aliphatic rings. The van der Waals surface area contributed by atoms with Crippen LogP contribution in [0.5, 0.6) is 0 Å². The second-order valence-corrected chi connectivity index (χ2v) is 6.09. The highest BCUT2D eigenvalue weighted by atomic mass is 15.3. The first-order valence-electron chi connectivity index (χ1n) is 8.06. The van der Waals surface area contributed by atoms with E-state index in [0.29, 0.717) is 5.82 Å². The summed E-state index contributed by atoms with van der Waals surface area (Å²) >= 11 is 0. The molecule has 0 saturated carbocycles. The van der Waals surface area contributed by atoms with Gasteiger partial charge in [-0.1, -0.05) is 6.07 Å². The number of hydrogen-bond donors (Lipinski definition) is 1. The molecule has 0 aliphatic carbocycles. The van der Waals surface area contributed by atoms with Gasteiger partial charge in [-0.3, -0.25) is 9.67 Å². The monoisotopic (exact) mass is 322 g/mol. The Morgan fingerprint density at radius 3 is 2.58 bits per heavy atom. The Morgan fingerprint density at radius 2 is 1.92 bits per heavy atom. The Hall–Kier alpha value is -2.76. The zero-order chi connectivity index (χ0) is 17.1. The fraction of sp³-hybridized carbons (Fsp3) is 0.333. The van der Waals surface area contributed by atoms with Gasteiger partial charge >= 0.3 is 0 Å². The summed E-state index contributed by atoms with van der Waals surface area (Å²) in [5.41, 5.74) is 3.88. The molecule has 0 radical (unpaired) electrons. The van der Waals surface area contributed by atoms with E-state index in [1.54, 1.807) is 6.20 Å². The van der Waals surface area contributed by atoms with Gasteiger partial charge in [-0.2, -0.15) is 5.10 Å². The van der Waals surface area contributed by atoms with Crippen LogP contribution in [-0.4, -0.2) is 30.8 Å². The number of hydrogen-bond acceptors (Lipinski definition) is 5. The lowest BCUT2D eigenvalue weighted by Gasteiger charge is -2.16.